The molecule has 1 heterocycles. The summed E-state index contributed by atoms with van der Waals surface area (Å²) in [6.45, 7) is 5.65. The molecule has 0 saturated heterocycles. The smallest absolute Gasteiger partial charge is 0.119 e. The topological polar surface area (TPSA) is 21.3 Å². The second-order valence-electron chi connectivity index (χ2n) is 1.91. The van der Waals surface area contributed by atoms with E-state index in [9.17, 15) is 0 Å². The van der Waals surface area contributed by atoms with Crippen LogP contribution in [0.5, 0.6) is 0 Å². The fourth-order valence-corrected chi connectivity index (χ4v) is 0.536. The molecule has 2 heteroatoms. The van der Waals surface area contributed by atoms with E-state index in [1.807, 2.05) is 19.1 Å². The van der Waals surface area contributed by atoms with Crippen molar-refractivity contribution in [2.75, 3.05) is 0 Å². The quantitative estimate of drug-likeness (QED) is 0.570. The summed E-state index contributed by atoms with van der Waals surface area (Å²) in [6, 6.07) is 0. The van der Waals surface area contributed by atoms with Gasteiger partial charge in [-0.25, -0.2) is 5.48 Å². The lowest BCUT2D eigenvalue weighted by Gasteiger charge is -2.10. The van der Waals surface area contributed by atoms with Gasteiger partial charge in [0.1, 0.15) is 6.26 Å². The van der Waals surface area contributed by atoms with Crippen LogP contribution < -0.4 is 5.48 Å². The lowest BCUT2D eigenvalue weighted by molar-refractivity contribution is 0.162. The molecule has 2 nitrogen and oxygen atoms in total. The molecule has 0 spiro atoms. The molecule has 0 unspecified atom stereocenters. The largest absolute Gasteiger partial charge is 0.390 e. The average molecular weight is 123 g/mol. The molecule has 9 heavy (non-hydrogen) atoms. The van der Waals surface area contributed by atoms with E-state index >= 15 is 0 Å². The summed E-state index contributed by atoms with van der Waals surface area (Å²) < 4.78 is 0. The van der Waals surface area contributed by atoms with E-state index in [2.05, 4.69) is 12.1 Å². The van der Waals surface area contributed by atoms with E-state index in [0.717, 1.165) is 11.3 Å². The predicted molar refractivity (Wildman–Crippen MR) is 36.3 cm³/mol. The maximum atomic E-state index is 4.78. The second kappa shape index (κ2) is 2.40. The van der Waals surface area contributed by atoms with Crippen molar-refractivity contribution < 1.29 is 4.84 Å². The van der Waals surface area contributed by atoms with Gasteiger partial charge < -0.3 is 4.84 Å². The van der Waals surface area contributed by atoms with Crippen molar-refractivity contribution in [1.29, 1.82) is 0 Å². The van der Waals surface area contributed by atoms with Crippen molar-refractivity contribution in [2.45, 2.75) is 6.92 Å². The molecule has 0 aliphatic carbocycles. The van der Waals surface area contributed by atoms with E-state index in [0.29, 0.717) is 0 Å². The molecule has 0 aromatic rings. The van der Waals surface area contributed by atoms with Crippen LogP contribution in [0.3, 0.4) is 0 Å². The summed E-state index contributed by atoms with van der Waals surface area (Å²) in [6.07, 6.45) is 5.30. The van der Waals surface area contributed by atoms with Crippen LogP contribution in [0, 0.1) is 0 Å². The first-order valence-electron chi connectivity index (χ1n) is 2.75. The molecule has 1 aliphatic rings. The first kappa shape index (κ1) is 5.95. The summed E-state index contributed by atoms with van der Waals surface area (Å²) in [5, 5.41) is 0. The Hall–Kier alpha value is -1.18. The van der Waals surface area contributed by atoms with Gasteiger partial charge in [-0.15, -0.1) is 0 Å². The lowest BCUT2D eigenvalue weighted by atomic mass is 10.2. The van der Waals surface area contributed by atoms with Gasteiger partial charge in [0.2, 0.25) is 0 Å². The highest BCUT2D eigenvalue weighted by molar-refractivity contribution is 5.28. The molecule has 0 saturated carbocycles. The fraction of sp³-hybridized carbons (Fsp3) is 0.143. The molecule has 1 aliphatic heterocycles. The van der Waals surface area contributed by atoms with Crippen LogP contribution in [0.25, 0.3) is 0 Å². The van der Waals surface area contributed by atoms with Crippen LogP contribution in [0.1, 0.15) is 6.92 Å². The molecule has 1 N–H and O–H groups in total. The van der Waals surface area contributed by atoms with E-state index in [1.54, 1.807) is 6.26 Å². The van der Waals surface area contributed by atoms with Gasteiger partial charge in [-0.1, -0.05) is 6.58 Å². The third-order valence-electron chi connectivity index (χ3n) is 1.04. The minimum atomic E-state index is 0.928. The SMILES string of the molecule is C=C(C)C1=CC=CON1. The normalized spacial score (nSPS) is 15.4. The standard InChI is InChI=1S/C7H9NO/c1-6(2)7-4-3-5-9-8-7/h3-5,8H,1H2,2H3. The third kappa shape index (κ3) is 1.35. The Morgan fingerprint density at radius 2 is 2.56 bits per heavy atom. The predicted octanol–water partition coefficient (Wildman–Crippen LogP) is 1.49. The first-order valence-corrected chi connectivity index (χ1v) is 2.75. The number of rotatable bonds is 1. The number of hydrogen-bond donors (Lipinski definition) is 1. The van der Waals surface area contributed by atoms with Crippen molar-refractivity contribution in [1.82, 2.24) is 5.48 Å². The van der Waals surface area contributed by atoms with E-state index in [4.69, 9.17) is 4.84 Å². The Balaban J connectivity index is 2.68. The number of nitrogens with one attached hydrogen (secondary N) is 1. The third-order valence-corrected chi connectivity index (χ3v) is 1.04. The van der Waals surface area contributed by atoms with Gasteiger partial charge in [0.05, 0.1) is 5.70 Å². The highest BCUT2D eigenvalue weighted by Gasteiger charge is 1.96. The van der Waals surface area contributed by atoms with Crippen LogP contribution in [0.4, 0.5) is 0 Å². The zero-order valence-electron chi connectivity index (χ0n) is 5.35. The van der Waals surface area contributed by atoms with Crippen LogP contribution in [0.2, 0.25) is 0 Å². The Kier molecular flexibility index (Phi) is 1.58. The Labute approximate surface area is 54.5 Å². The maximum absolute atomic E-state index is 4.78. The summed E-state index contributed by atoms with van der Waals surface area (Å²) >= 11 is 0. The maximum Gasteiger partial charge on any atom is 0.119 e. The van der Waals surface area contributed by atoms with Crippen molar-refractivity contribution in [3.05, 3.63) is 36.3 Å². The van der Waals surface area contributed by atoms with Crippen LogP contribution in [0.15, 0.2) is 36.3 Å². The average Bonchev–Trinajstić information content (AvgIpc) is 1.90. The molecule has 0 atom stereocenters. The summed E-state index contributed by atoms with van der Waals surface area (Å²) in [5.74, 6) is 0. The van der Waals surface area contributed by atoms with Gasteiger partial charge in [0, 0.05) is 0 Å². The number of allylic oxidation sites excluding steroid dienone is 3. The Morgan fingerprint density at radius 3 is 2.89 bits per heavy atom. The minimum absolute atomic E-state index is 0.928. The summed E-state index contributed by atoms with van der Waals surface area (Å²) in [7, 11) is 0. The molecule has 0 amide bonds. The van der Waals surface area contributed by atoms with Gasteiger partial charge in [0.25, 0.3) is 0 Å². The number of hydroxylamine groups is 1. The second-order valence-corrected chi connectivity index (χ2v) is 1.91. The fourth-order valence-electron chi connectivity index (χ4n) is 0.536. The molecule has 0 fully saturated rings. The van der Waals surface area contributed by atoms with E-state index < -0.39 is 0 Å². The van der Waals surface area contributed by atoms with Crippen molar-refractivity contribution >= 4 is 0 Å². The lowest BCUT2D eigenvalue weighted by Crippen LogP contribution is -2.13. The minimum Gasteiger partial charge on any atom is -0.390 e. The molecule has 0 aromatic carbocycles. The van der Waals surface area contributed by atoms with Crippen molar-refractivity contribution in [3.63, 3.8) is 0 Å². The van der Waals surface area contributed by atoms with Gasteiger partial charge in [-0.05, 0) is 24.6 Å². The van der Waals surface area contributed by atoms with Crippen LogP contribution in [-0.4, -0.2) is 0 Å². The van der Waals surface area contributed by atoms with Gasteiger partial charge in [-0.2, -0.15) is 0 Å². The van der Waals surface area contributed by atoms with Crippen LogP contribution in [-0.2, 0) is 4.84 Å². The van der Waals surface area contributed by atoms with E-state index in [-0.39, 0.29) is 0 Å². The molecule has 0 bridgehead atoms. The monoisotopic (exact) mass is 123 g/mol. The first-order chi connectivity index (χ1) is 4.30. The zero-order valence-corrected chi connectivity index (χ0v) is 5.35. The highest BCUT2D eigenvalue weighted by Crippen LogP contribution is 2.05. The van der Waals surface area contributed by atoms with Gasteiger partial charge >= 0.3 is 0 Å². The molecule has 1 rings (SSSR count). The molecular formula is C7H9NO. The summed E-state index contributed by atoms with van der Waals surface area (Å²) in [5.41, 5.74) is 4.59. The summed E-state index contributed by atoms with van der Waals surface area (Å²) in [4.78, 5) is 4.78. The Bertz CT molecular complexity index is 179. The highest BCUT2D eigenvalue weighted by atomic mass is 16.6. The molecular weight excluding hydrogens is 114 g/mol. The zero-order chi connectivity index (χ0) is 6.69. The molecule has 0 aromatic heterocycles. The number of hydrogen-bond acceptors (Lipinski definition) is 2. The van der Waals surface area contributed by atoms with Crippen molar-refractivity contribution in [2.24, 2.45) is 0 Å². The van der Waals surface area contributed by atoms with Gasteiger partial charge in [-0.3, -0.25) is 0 Å². The Morgan fingerprint density at radius 1 is 1.78 bits per heavy atom. The van der Waals surface area contributed by atoms with E-state index in [1.165, 1.54) is 0 Å². The van der Waals surface area contributed by atoms with Crippen molar-refractivity contribution in [3.8, 4) is 0 Å². The van der Waals surface area contributed by atoms with Crippen LogP contribution >= 0.6 is 0 Å². The molecule has 0 radical (unpaired) electrons. The molecule has 48 valence electrons. The van der Waals surface area contributed by atoms with Gasteiger partial charge in [0.15, 0.2) is 0 Å².